The Morgan fingerprint density at radius 3 is 2.73 bits per heavy atom. The fraction of sp³-hybridized carbons (Fsp3) is 0.667. The average molecular weight is 478 g/mol. The third-order valence-corrected chi connectivity index (χ3v) is 9.53. The van der Waals surface area contributed by atoms with Crippen molar-refractivity contribution in [2.24, 2.45) is 5.73 Å². The van der Waals surface area contributed by atoms with Crippen molar-refractivity contribution in [2.75, 3.05) is 24.6 Å². The highest BCUT2D eigenvalue weighted by Crippen LogP contribution is 2.43. The maximum atomic E-state index is 12.7. The summed E-state index contributed by atoms with van der Waals surface area (Å²) in [7, 11) is -3.52. The van der Waals surface area contributed by atoms with Crippen LogP contribution in [0.25, 0.3) is 0 Å². The SMILES string of the molecule is CCN(CC)S(=O)(=O)CCC(Sc1nnn[nH]1)C1=C(C(=O)O)N2C(=O)C(N)[C@@H]2SC1. The van der Waals surface area contributed by atoms with E-state index in [0.717, 1.165) is 11.8 Å². The molecule has 1 saturated heterocycles. The number of tetrazole rings is 1. The second kappa shape index (κ2) is 9.21. The van der Waals surface area contributed by atoms with E-state index in [9.17, 15) is 23.1 Å². The Hall–Kier alpha value is -1.68. The fourth-order valence-corrected chi connectivity index (χ4v) is 7.65. The molecule has 1 amide bonds. The molecule has 15 heteroatoms. The summed E-state index contributed by atoms with van der Waals surface area (Å²) in [5, 5.41) is 22.6. The molecule has 12 nitrogen and oxygen atoms in total. The van der Waals surface area contributed by atoms with Crippen LogP contribution in [0.15, 0.2) is 16.4 Å². The minimum atomic E-state index is -3.52. The zero-order valence-corrected chi connectivity index (χ0v) is 18.8. The zero-order chi connectivity index (χ0) is 22.1. The highest BCUT2D eigenvalue weighted by molar-refractivity contribution is 8.01. The number of carbonyl (C=O) groups is 2. The second-order valence-electron chi connectivity index (χ2n) is 6.62. The molecule has 1 aromatic heterocycles. The first-order valence-electron chi connectivity index (χ1n) is 9.26. The van der Waals surface area contributed by atoms with Crippen LogP contribution in [-0.4, -0.2) is 96.5 Å². The van der Waals surface area contributed by atoms with Crippen molar-refractivity contribution in [1.82, 2.24) is 29.8 Å². The number of nitrogens with two attached hydrogens (primary N) is 1. The molecule has 4 N–H and O–H groups in total. The number of hydrogen-bond donors (Lipinski definition) is 3. The van der Waals surface area contributed by atoms with Gasteiger partial charge in [-0.25, -0.2) is 22.6 Å². The van der Waals surface area contributed by atoms with Gasteiger partial charge in [0.1, 0.15) is 17.1 Å². The number of aromatic nitrogens is 4. The van der Waals surface area contributed by atoms with Crippen LogP contribution in [0.1, 0.15) is 20.3 Å². The molecular weight excluding hydrogens is 454 g/mol. The summed E-state index contributed by atoms with van der Waals surface area (Å²) >= 11 is 2.51. The molecule has 1 aromatic rings. The van der Waals surface area contributed by atoms with Gasteiger partial charge in [0.15, 0.2) is 0 Å². The lowest BCUT2D eigenvalue weighted by Gasteiger charge is -2.48. The topological polar surface area (TPSA) is 175 Å². The van der Waals surface area contributed by atoms with Crippen molar-refractivity contribution < 1.29 is 23.1 Å². The number of sulfonamides is 1. The van der Waals surface area contributed by atoms with Crippen LogP contribution in [0.2, 0.25) is 0 Å². The average Bonchev–Trinajstić information content (AvgIpc) is 3.23. The number of nitrogens with zero attached hydrogens (tertiary/aromatic N) is 5. The quantitative estimate of drug-likeness (QED) is 0.287. The minimum absolute atomic E-state index is 0.129. The Morgan fingerprint density at radius 2 is 2.17 bits per heavy atom. The van der Waals surface area contributed by atoms with Gasteiger partial charge in [-0.1, -0.05) is 25.6 Å². The number of fused-ring (bicyclic) bond motifs is 1. The summed E-state index contributed by atoms with van der Waals surface area (Å²) in [5.74, 6) is -1.56. The van der Waals surface area contributed by atoms with Crippen molar-refractivity contribution in [3.63, 3.8) is 0 Å². The predicted molar refractivity (Wildman–Crippen MR) is 111 cm³/mol. The monoisotopic (exact) mass is 477 g/mol. The number of thioether (sulfide) groups is 2. The Balaban J connectivity index is 1.93. The van der Waals surface area contributed by atoms with Crippen molar-refractivity contribution in [3.8, 4) is 0 Å². The van der Waals surface area contributed by atoms with Gasteiger partial charge in [0.25, 0.3) is 0 Å². The third kappa shape index (κ3) is 4.34. The largest absolute Gasteiger partial charge is 0.477 e. The van der Waals surface area contributed by atoms with Crippen LogP contribution < -0.4 is 5.73 Å². The highest BCUT2D eigenvalue weighted by Gasteiger charge is 2.52. The minimum Gasteiger partial charge on any atom is -0.477 e. The van der Waals surface area contributed by atoms with Gasteiger partial charge in [-0.15, -0.1) is 16.9 Å². The molecule has 3 rings (SSSR count). The number of nitrogens with one attached hydrogen (secondary N) is 1. The van der Waals surface area contributed by atoms with Crippen LogP contribution in [0, 0.1) is 0 Å². The van der Waals surface area contributed by atoms with Crippen LogP contribution in [0.4, 0.5) is 0 Å². The van der Waals surface area contributed by atoms with Gasteiger partial charge >= 0.3 is 5.97 Å². The van der Waals surface area contributed by atoms with Crippen molar-refractivity contribution in [1.29, 1.82) is 0 Å². The molecule has 1 fully saturated rings. The number of β-lactam (4-membered cyclic amide) rings is 1. The lowest BCUT2D eigenvalue weighted by atomic mass is 10.0. The Labute approximate surface area is 182 Å². The summed E-state index contributed by atoms with van der Waals surface area (Å²) in [6, 6.07) is -0.737. The number of amides is 1. The molecule has 2 unspecified atom stereocenters. The maximum absolute atomic E-state index is 12.7. The lowest BCUT2D eigenvalue weighted by Crippen LogP contribution is -2.68. The molecule has 0 spiro atoms. The number of carboxylic acid groups (broad SMARTS) is 1. The Morgan fingerprint density at radius 1 is 1.47 bits per heavy atom. The van der Waals surface area contributed by atoms with Gasteiger partial charge in [0.2, 0.25) is 21.1 Å². The van der Waals surface area contributed by atoms with Gasteiger partial charge in [-0.05, 0) is 22.4 Å². The molecule has 30 heavy (non-hydrogen) atoms. The first-order valence-corrected chi connectivity index (χ1v) is 12.8. The van der Waals surface area contributed by atoms with E-state index in [0.29, 0.717) is 29.6 Å². The number of carboxylic acids is 1. The Kier molecular flexibility index (Phi) is 7.06. The molecule has 0 aromatic carbocycles. The van der Waals surface area contributed by atoms with Gasteiger partial charge < -0.3 is 10.8 Å². The van der Waals surface area contributed by atoms with Crippen LogP contribution in [0.3, 0.4) is 0 Å². The maximum Gasteiger partial charge on any atom is 0.352 e. The van der Waals surface area contributed by atoms with E-state index in [1.165, 1.54) is 21.0 Å². The van der Waals surface area contributed by atoms with Gasteiger partial charge in [-0.3, -0.25) is 9.69 Å². The zero-order valence-electron chi connectivity index (χ0n) is 16.4. The third-order valence-electron chi connectivity index (χ3n) is 4.95. The number of aliphatic carboxylic acids is 1. The molecule has 3 atom stereocenters. The molecule has 2 aliphatic heterocycles. The number of aromatic amines is 1. The van der Waals surface area contributed by atoms with Crippen molar-refractivity contribution in [2.45, 2.75) is 42.1 Å². The molecule has 0 bridgehead atoms. The number of rotatable bonds is 10. The summed E-state index contributed by atoms with van der Waals surface area (Å²) in [6.07, 6.45) is 0.135. The standard InChI is InChI=1S/C15H23N7O5S3/c1-3-21(4-2)30(26,27)6-5-9(29-15-17-19-20-18-15)8-7-28-13-10(16)12(23)22(13)11(8)14(24)25/h9-10,13H,3-7,16H2,1-2H3,(H,24,25)(H,17,18,19,20)/t9?,10?,13-/m0/s1. The van der Waals surface area contributed by atoms with E-state index >= 15 is 0 Å². The highest BCUT2D eigenvalue weighted by atomic mass is 32.2. The fourth-order valence-electron chi connectivity index (χ4n) is 3.43. The summed E-state index contributed by atoms with van der Waals surface area (Å²) < 4.78 is 26.7. The summed E-state index contributed by atoms with van der Waals surface area (Å²) in [6.45, 7) is 4.22. The number of hydrogen-bond acceptors (Lipinski definition) is 10. The predicted octanol–water partition coefficient (Wildman–Crippen LogP) is -0.697. The summed E-state index contributed by atoms with van der Waals surface area (Å²) in [4.78, 5) is 25.4. The Bertz CT molecular complexity index is 932. The van der Waals surface area contributed by atoms with Gasteiger partial charge in [-0.2, -0.15) is 0 Å². The van der Waals surface area contributed by atoms with Crippen molar-refractivity contribution in [3.05, 3.63) is 11.3 Å². The normalized spacial score (nSPS) is 22.8. The molecule has 0 radical (unpaired) electrons. The van der Waals surface area contributed by atoms with E-state index in [1.54, 1.807) is 13.8 Å². The molecule has 0 saturated carbocycles. The second-order valence-corrected chi connectivity index (χ2v) is 11.0. The first kappa shape index (κ1) is 23.0. The molecule has 2 aliphatic rings. The smallest absolute Gasteiger partial charge is 0.352 e. The van der Waals surface area contributed by atoms with E-state index in [1.807, 2.05) is 0 Å². The van der Waals surface area contributed by atoms with E-state index in [2.05, 4.69) is 20.6 Å². The van der Waals surface area contributed by atoms with Crippen LogP contribution >= 0.6 is 23.5 Å². The lowest BCUT2D eigenvalue weighted by molar-refractivity contribution is -0.148. The van der Waals surface area contributed by atoms with E-state index in [4.69, 9.17) is 5.73 Å². The van der Waals surface area contributed by atoms with E-state index in [-0.39, 0.29) is 17.9 Å². The van der Waals surface area contributed by atoms with Crippen LogP contribution in [0.5, 0.6) is 0 Å². The molecule has 0 aliphatic carbocycles. The first-order chi connectivity index (χ1) is 14.2. The van der Waals surface area contributed by atoms with E-state index < -0.39 is 38.6 Å². The summed E-state index contributed by atoms with van der Waals surface area (Å²) in [5.41, 5.74) is 6.13. The van der Waals surface area contributed by atoms with Crippen LogP contribution in [-0.2, 0) is 19.6 Å². The molecular formula is C15H23N7O5S3. The van der Waals surface area contributed by atoms with Crippen molar-refractivity contribution >= 4 is 45.4 Å². The van der Waals surface area contributed by atoms with Gasteiger partial charge in [0.05, 0.1) is 5.75 Å². The molecule has 3 heterocycles. The molecule has 166 valence electrons. The number of H-pyrrole nitrogens is 1. The number of carbonyl (C=O) groups excluding carboxylic acids is 1. The van der Waals surface area contributed by atoms with Gasteiger partial charge in [0, 0.05) is 24.1 Å².